The zero-order valence-corrected chi connectivity index (χ0v) is 19.5. The third-order valence-electron chi connectivity index (χ3n) is 5.50. The molecule has 3 aromatic carbocycles. The second-order valence-electron chi connectivity index (χ2n) is 7.96. The van der Waals surface area contributed by atoms with Crippen LogP contribution in [0.15, 0.2) is 99.4 Å². The van der Waals surface area contributed by atoms with E-state index >= 15 is 0 Å². The van der Waals surface area contributed by atoms with E-state index in [1.54, 1.807) is 42.5 Å². The quantitative estimate of drug-likeness (QED) is 0.192. The van der Waals surface area contributed by atoms with E-state index in [-0.39, 0.29) is 17.1 Å². The van der Waals surface area contributed by atoms with Gasteiger partial charge in [0.1, 0.15) is 0 Å². The van der Waals surface area contributed by atoms with Gasteiger partial charge in [0, 0.05) is 5.56 Å². The highest BCUT2D eigenvalue weighted by Gasteiger charge is 2.16. The van der Waals surface area contributed by atoms with Crippen LogP contribution in [0.2, 0.25) is 0 Å². The summed E-state index contributed by atoms with van der Waals surface area (Å²) in [6, 6.07) is 22.9. The number of nitrogens with zero attached hydrogens (tertiary/aromatic N) is 3. The minimum absolute atomic E-state index is 0.0782. The molecule has 0 N–H and O–H groups in total. The van der Waals surface area contributed by atoms with Crippen molar-refractivity contribution in [3.63, 3.8) is 0 Å². The van der Waals surface area contributed by atoms with Crippen molar-refractivity contribution in [3.8, 4) is 22.9 Å². The summed E-state index contributed by atoms with van der Waals surface area (Å²) in [4.78, 5) is 30.3. The van der Waals surface area contributed by atoms with Crippen LogP contribution in [0.4, 0.5) is 0 Å². The van der Waals surface area contributed by atoms with E-state index in [4.69, 9.17) is 18.9 Å². The molecule has 0 fully saturated rings. The highest BCUT2D eigenvalue weighted by molar-refractivity contribution is 5.89. The van der Waals surface area contributed by atoms with Gasteiger partial charge in [0.15, 0.2) is 17.3 Å². The second-order valence-corrected chi connectivity index (χ2v) is 7.96. The Morgan fingerprint density at radius 2 is 1.81 bits per heavy atom. The normalized spacial score (nSPS) is 11.2. The number of carbonyl (C=O) groups excluding carboxylic acids is 1. The molecule has 0 aliphatic rings. The highest BCUT2D eigenvalue weighted by atomic mass is 16.6. The molecule has 0 bridgehead atoms. The number of esters is 1. The van der Waals surface area contributed by atoms with Crippen molar-refractivity contribution in [2.75, 3.05) is 7.11 Å². The molecule has 2 heterocycles. The Kier molecular flexibility index (Phi) is 6.15. The number of hydrogen-bond donors (Lipinski definition) is 0. The molecule has 5 aromatic rings. The number of aromatic nitrogens is 2. The molecule has 0 amide bonds. The first kappa shape index (κ1) is 22.8. The number of benzene rings is 3. The number of hydrogen-bond acceptors (Lipinski definition) is 7. The fourth-order valence-corrected chi connectivity index (χ4v) is 3.64. The SMILES string of the molecule is COc1cc(C=Nn2c(-c3ccc(C)cc3)nc3ccccc3c2=O)ccc1OC(=O)c1ccco1. The number of fused-ring (bicyclic) bond motifs is 1. The molecule has 0 unspecified atom stereocenters. The van der Waals surface area contributed by atoms with Crippen molar-refractivity contribution in [3.05, 3.63) is 112 Å². The van der Waals surface area contributed by atoms with Crippen LogP contribution in [0.25, 0.3) is 22.3 Å². The van der Waals surface area contributed by atoms with E-state index in [2.05, 4.69) is 5.10 Å². The van der Waals surface area contributed by atoms with Crippen molar-refractivity contribution in [2.24, 2.45) is 5.10 Å². The van der Waals surface area contributed by atoms with Gasteiger partial charge in [-0.25, -0.2) is 9.78 Å². The zero-order valence-electron chi connectivity index (χ0n) is 19.5. The van der Waals surface area contributed by atoms with E-state index in [1.165, 1.54) is 30.3 Å². The summed E-state index contributed by atoms with van der Waals surface area (Å²) in [7, 11) is 1.47. The lowest BCUT2D eigenvalue weighted by Gasteiger charge is -2.10. The van der Waals surface area contributed by atoms with Gasteiger partial charge in [-0.1, -0.05) is 42.0 Å². The van der Waals surface area contributed by atoms with E-state index in [0.29, 0.717) is 28.0 Å². The molecule has 0 aliphatic carbocycles. The molecule has 0 radical (unpaired) electrons. The van der Waals surface area contributed by atoms with Crippen molar-refractivity contribution in [1.29, 1.82) is 0 Å². The lowest BCUT2D eigenvalue weighted by Crippen LogP contribution is -2.20. The maximum absolute atomic E-state index is 13.3. The Balaban J connectivity index is 1.53. The van der Waals surface area contributed by atoms with Crippen LogP contribution in [0.5, 0.6) is 11.5 Å². The third kappa shape index (κ3) is 4.52. The van der Waals surface area contributed by atoms with Crippen molar-refractivity contribution < 1.29 is 18.7 Å². The predicted octanol–water partition coefficient (Wildman–Crippen LogP) is 5.07. The Morgan fingerprint density at radius 3 is 2.56 bits per heavy atom. The molecule has 0 saturated heterocycles. The van der Waals surface area contributed by atoms with Gasteiger partial charge < -0.3 is 13.9 Å². The molecule has 0 aliphatic heterocycles. The largest absolute Gasteiger partial charge is 0.493 e. The van der Waals surface area contributed by atoms with Gasteiger partial charge in [0.05, 0.1) is 30.5 Å². The summed E-state index contributed by atoms with van der Waals surface area (Å²) in [6.07, 6.45) is 2.91. The van der Waals surface area contributed by atoms with E-state index in [1.807, 2.05) is 37.3 Å². The number of carbonyl (C=O) groups is 1. The van der Waals surface area contributed by atoms with Crippen molar-refractivity contribution in [1.82, 2.24) is 9.66 Å². The lowest BCUT2D eigenvalue weighted by atomic mass is 10.1. The lowest BCUT2D eigenvalue weighted by molar-refractivity contribution is 0.0696. The average molecular weight is 479 g/mol. The third-order valence-corrected chi connectivity index (χ3v) is 5.50. The summed E-state index contributed by atoms with van der Waals surface area (Å²) in [5.41, 5.74) is 2.78. The topological polar surface area (TPSA) is 95.9 Å². The first-order valence-corrected chi connectivity index (χ1v) is 11.1. The molecule has 5 rings (SSSR count). The van der Waals surface area contributed by atoms with Gasteiger partial charge in [-0.3, -0.25) is 4.79 Å². The van der Waals surface area contributed by atoms with Gasteiger partial charge in [-0.2, -0.15) is 9.78 Å². The zero-order chi connectivity index (χ0) is 25.1. The van der Waals surface area contributed by atoms with Gasteiger partial charge in [0.2, 0.25) is 5.76 Å². The number of furan rings is 1. The Hall–Kier alpha value is -4.98. The number of aryl methyl sites for hydroxylation is 1. The summed E-state index contributed by atoms with van der Waals surface area (Å²) in [5.74, 6) is 0.402. The number of ether oxygens (including phenoxy) is 2. The van der Waals surface area contributed by atoms with Crippen molar-refractivity contribution in [2.45, 2.75) is 6.92 Å². The molecular formula is C28H21N3O5. The molecular weight excluding hydrogens is 458 g/mol. The Labute approximate surface area is 206 Å². The van der Waals surface area contributed by atoms with Crippen LogP contribution in [-0.4, -0.2) is 29.0 Å². The van der Waals surface area contributed by atoms with Gasteiger partial charge in [0.25, 0.3) is 5.56 Å². The van der Waals surface area contributed by atoms with Crippen LogP contribution < -0.4 is 15.0 Å². The standard InChI is InChI=1S/C28H21N3O5/c1-18-9-12-20(13-10-18)26-30-22-7-4-3-6-21(22)27(32)31(26)29-17-19-11-14-23(25(16-19)34-2)36-28(33)24-8-5-15-35-24/h3-17H,1-2H3. The molecule has 178 valence electrons. The van der Waals surface area contributed by atoms with E-state index < -0.39 is 5.97 Å². The molecule has 8 heteroatoms. The summed E-state index contributed by atoms with van der Waals surface area (Å²) in [6.45, 7) is 1.99. The van der Waals surface area contributed by atoms with Gasteiger partial charge >= 0.3 is 5.97 Å². The minimum Gasteiger partial charge on any atom is -0.493 e. The molecule has 0 spiro atoms. The number of methoxy groups -OCH3 is 1. The van der Waals surface area contributed by atoms with E-state index in [0.717, 1.165) is 11.1 Å². The molecule has 0 saturated carbocycles. The van der Waals surface area contributed by atoms with Crippen molar-refractivity contribution >= 4 is 23.1 Å². The number of para-hydroxylation sites is 1. The van der Waals surface area contributed by atoms with Crippen LogP contribution in [0.3, 0.4) is 0 Å². The fraction of sp³-hybridized carbons (Fsp3) is 0.0714. The van der Waals surface area contributed by atoms with Crippen LogP contribution in [-0.2, 0) is 0 Å². The molecule has 2 aromatic heterocycles. The summed E-state index contributed by atoms with van der Waals surface area (Å²) >= 11 is 0. The fourth-order valence-electron chi connectivity index (χ4n) is 3.64. The van der Waals surface area contributed by atoms with Crippen LogP contribution in [0.1, 0.15) is 21.7 Å². The van der Waals surface area contributed by atoms with Gasteiger partial charge in [-0.15, -0.1) is 0 Å². The molecule has 0 atom stereocenters. The maximum atomic E-state index is 13.3. The smallest absolute Gasteiger partial charge is 0.379 e. The highest BCUT2D eigenvalue weighted by Crippen LogP contribution is 2.28. The first-order chi connectivity index (χ1) is 17.5. The maximum Gasteiger partial charge on any atom is 0.379 e. The Morgan fingerprint density at radius 1 is 1.00 bits per heavy atom. The Bertz CT molecular complexity index is 1630. The predicted molar refractivity (Wildman–Crippen MR) is 136 cm³/mol. The minimum atomic E-state index is -0.642. The number of rotatable bonds is 6. The van der Waals surface area contributed by atoms with Crippen LogP contribution >= 0.6 is 0 Å². The molecule has 36 heavy (non-hydrogen) atoms. The monoisotopic (exact) mass is 479 g/mol. The van der Waals surface area contributed by atoms with Gasteiger partial charge in [-0.05, 0) is 55.0 Å². The van der Waals surface area contributed by atoms with Crippen LogP contribution in [0, 0.1) is 6.92 Å². The second kappa shape index (κ2) is 9.71. The van der Waals surface area contributed by atoms with E-state index in [9.17, 15) is 9.59 Å². The summed E-state index contributed by atoms with van der Waals surface area (Å²) in [5, 5.41) is 4.93. The average Bonchev–Trinajstić information content (AvgIpc) is 3.45. The first-order valence-electron chi connectivity index (χ1n) is 11.1. The summed E-state index contributed by atoms with van der Waals surface area (Å²) < 4.78 is 17.1. The molecule has 8 nitrogen and oxygen atoms in total.